The van der Waals surface area contributed by atoms with Crippen LogP contribution in [0.5, 0.6) is 0 Å². The van der Waals surface area contributed by atoms with E-state index in [0.717, 1.165) is 27.9 Å². The van der Waals surface area contributed by atoms with Crippen LogP contribution in [0.25, 0.3) is 22.7 Å². The number of nitrogens with one attached hydrogen (secondary N) is 1. The number of carbonyl (C=O) groups is 1. The first-order valence-corrected chi connectivity index (χ1v) is 10.6. The predicted molar refractivity (Wildman–Crippen MR) is 125 cm³/mol. The smallest absolute Gasteiger partial charge is 0.238 e. The molecule has 0 bridgehead atoms. The van der Waals surface area contributed by atoms with E-state index in [9.17, 15) is 4.79 Å². The van der Waals surface area contributed by atoms with Crippen molar-refractivity contribution in [2.75, 3.05) is 5.32 Å². The third-order valence-electron chi connectivity index (χ3n) is 5.27. The fraction of sp³-hybridized carbons (Fsp3) is 0.0741. The van der Waals surface area contributed by atoms with Crippen LogP contribution in [0, 0.1) is 0 Å². The lowest BCUT2D eigenvalue weighted by Crippen LogP contribution is -2.15. The Bertz CT molecular complexity index is 1340. The Kier molecular flexibility index (Phi) is 5.80. The number of furan rings is 1. The van der Waals surface area contributed by atoms with E-state index in [1.807, 2.05) is 66.7 Å². The minimum atomic E-state index is -0.0864. The SMILES string of the molecule is O=C(Cc1ccc(-c2ccccc2)cc1)Nc1ccccc1Cc1nc(-c2ccco2)no1. The molecule has 2 heterocycles. The molecule has 162 valence electrons. The molecule has 0 aliphatic rings. The summed E-state index contributed by atoms with van der Waals surface area (Å²) >= 11 is 0. The molecule has 2 aromatic heterocycles. The molecule has 0 atom stereocenters. The Labute approximate surface area is 190 Å². The van der Waals surface area contributed by atoms with Gasteiger partial charge in [-0.2, -0.15) is 4.98 Å². The molecule has 5 aromatic rings. The number of aromatic nitrogens is 2. The van der Waals surface area contributed by atoms with E-state index in [2.05, 4.69) is 27.6 Å². The highest BCUT2D eigenvalue weighted by molar-refractivity contribution is 5.93. The molecule has 1 amide bonds. The van der Waals surface area contributed by atoms with Crippen LogP contribution in [-0.2, 0) is 17.6 Å². The second-order valence-electron chi connectivity index (χ2n) is 7.61. The zero-order valence-electron chi connectivity index (χ0n) is 17.8. The molecular weight excluding hydrogens is 414 g/mol. The summed E-state index contributed by atoms with van der Waals surface area (Å²) < 4.78 is 10.7. The van der Waals surface area contributed by atoms with E-state index in [0.29, 0.717) is 23.9 Å². The van der Waals surface area contributed by atoms with Gasteiger partial charge in [0.15, 0.2) is 5.76 Å². The Morgan fingerprint density at radius 2 is 1.58 bits per heavy atom. The van der Waals surface area contributed by atoms with Gasteiger partial charge in [0.1, 0.15) is 0 Å². The average Bonchev–Trinajstić information content (AvgIpc) is 3.54. The third kappa shape index (κ3) is 4.91. The van der Waals surface area contributed by atoms with Gasteiger partial charge >= 0.3 is 0 Å². The lowest BCUT2D eigenvalue weighted by atomic mass is 10.0. The van der Waals surface area contributed by atoms with Crippen LogP contribution in [0.3, 0.4) is 0 Å². The molecule has 33 heavy (non-hydrogen) atoms. The van der Waals surface area contributed by atoms with Gasteiger partial charge in [-0.1, -0.05) is 78.0 Å². The van der Waals surface area contributed by atoms with E-state index < -0.39 is 0 Å². The largest absolute Gasteiger partial charge is 0.461 e. The monoisotopic (exact) mass is 435 g/mol. The van der Waals surface area contributed by atoms with Crippen molar-refractivity contribution in [3.8, 4) is 22.7 Å². The summed E-state index contributed by atoms with van der Waals surface area (Å²) in [7, 11) is 0. The Balaban J connectivity index is 1.25. The number of hydrogen-bond donors (Lipinski definition) is 1. The summed E-state index contributed by atoms with van der Waals surface area (Å²) in [6.45, 7) is 0. The highest BCUT2D eigenvalue weighted by Crippen LogP contribution is 2.22. The van der Waals surface area contributed by atoms with Crippen LogP contribution < -0.4 is 5.32 Å². The molecule has 5 rings (SSSR count). The highest BCUT2D eigenvalue weighted by atomic mass is 16.5. The topological polar surface area (TPSA) is 81.2 Å². The van der Waals surface area contributed by atoms with Crippen molar-refractivity contribution in [3.05, 3.63) is 114 Å². The second-order valence-corrected chi connectivity index (χ2v) is 7.61. The fourth-order valence-electron chi connectivity index (χ4n) is 3.62. The Morgan fingerprint density at radius 3 is 2.36 bits per heavy atom. The van der Waals surface area contributed by atoms with Crippen LogP contribution in [0.1, 0.15) is 17.0 Å². The third-order valence-corrected chi connectivity index (χ3v) is 5.27. The number of rotatable bonds is 7. The van der Waals surface area contributed by atoms with Crippen molar-refractivity contribution < 1.29 is 13.7 Å². The molecule has 3 aromatic carbocycles. The molecule has 0 aliphatic carbocycles. The van der Waals surface area contributed by atoms with Gasteiger partial charge in [0.2, 0.25) is 17.6 Å². The first-order chi connectivity index (χ1) is 16.2. The van der Waals surface area contributed by atoms with Crippen molar-refractivity contribution in [2.45, 2.75) is 12.8 Å². The van der Waals surface area contributed by atoms with Crippen molar-refractivity contribution in [1.82, 2.24) is 10.1 Å². The second kappa shape index (κ2) is 9.36. The minimum absolute atomic E-state index is 0.0864. The van der Waals surface area contributed by atoms with Crippen molar-refractivity contribution >= 4 is 11.6 Å². The molecular formula is C27H21N3O3. The van der Waals surface area contributed by atoms with Gasteiger partial charge in [0.05, 0.1) is 19.1 Å². The standard InChI is InChI=1S/C27H21N3O3/c31-25(17-19-12-14-21(15-13-19)20-7-2-1-3-8-20)28-23-10-5-4-9-22(23)18-26-29-27(30-33-26)24-11-6-16-32-24/h1-16H,17-18H2,(H,28,31). The molecule has 0 radical (unpaired) electrons. The van der Waals surface area contributed by atoms with Crippen LogP contribution in [0.15, 0.2) is 106 Å². The zero-order chi connectivity index (χ0) is 22.5. The average molecular weight is 435 g/mol. The molecule has 6 heteroatoms. The zero-order valence-corrected chi connectivity index (χ0v) is 17.8. The van der Waals surface area contributed by atoms with Crippen LogP contribution in [-0.4, -0.2) is 16.0 Å². The predicted octanol–water partition coefficient (Wildman–Crippen LogP) is 5.77. The number of nitrogens with zero attached hydrogens (tertiary/aromatic N) is 2. The molecule has 6 nitrogen and oxygen atoms in total. The summed E-state index contributed by atoms with van der Waals surface area (Å²) in [5.41, 5.74) is 4.84. The Hall–Kier alpha value is -4.45. The first-order valence-electron chi connectivity index (χ1n) is 10.6. The van der Waals surface area contributed by atoms with Crippen LogP contribution >= 0.6 is 0 Å². The fourth-order valence-corrected chi connectivity index (χ4v) is 3.62. The van der Waals surface area contributed by atoms with Crippen molar-refractivity contribution in [2.24, 2.45) is 0 Å². The normalized spacial score (nSPS) is 10.8. The molecule has 1 N–H and O–H groups in total. The maximum atomic E-state index is 12.7. The Morgan fingerprint density at radius 1 is 0.818 bits per heavy atom. The van der Waals surface area contributed by atoms with Gasteiger partial charge in [-0.05, 0) is 40.5 Å². The highest BCUT2D eigenvalue weighted by Gasteiger charge is 2.14. The summed E-state index contributed by atoms with van der Waals surface area (Å²) in [6.07, 6.45) is 2.24. The lowest BCUT2D eigenvalue weighted by molar-refractivity contribution is -0.115. The van der Waals surface area contributed by atoms with Crippen LogP contribution in [0.4, 0.5) is 5.69 Å². The number of amides is 1. The van der Waals surface area contributed by atoms with Crippen molar-refractivity contribution in [1.29, 1.82) is 0 Å². The van der Waals surface area contributed by atoms with E-state index >= 15 is 0 Å². The van der Waals surface area contributed by atoms with Crippen molar-refractivity contribution in [3.63, 3.8) is 0 Å². The molecule has 0 saturated heterocycles. The maximum Gasteiger partial charge on any atom is 0.238 e. The quantitative estimate of drug-likeness (QED) is 0.351. The van der Waals surface area contributed by atoms with Gasteiger partial charge in [0.25, 0.3) is 0 Å². The minimum Gasteiger partial charge on any atom is -0.461 e. The van der Waals surface area contributed by atoms with E-state index in [-0.39, 0.29) is 12.3 Å². The maximum absolute atomic E-state index is 12.7. The number of carbonyl (C=O) groups excluding carboxylic acids is 1. The number of para-hydroxylation sites is 1. The molecule has 0 aliphatic heterocycles. The molecule has 0 spiro atoms. The number of anilines is 1. The number of hydrogen-bond acceptors (Lipinski definition) is 5. The number of benzene rings is 3. The molecule has 0 saturated carbocycles. The van der Waals surface area contributed by atoms with E-state index in [1.54, 1.807) is 18.4 Å². The van der Waals surface area contributed by atoms with Gasteiger partial charge in [-0.3, -0.25) is 4.79 Å². The summed E-state index contributed by atoms with van der Waals surface area (Å²) in [6, 6.07) is 29.4. The first kappa shape index (κ1) is 20.5. The van der Waals surface area contributed by atoms with Gasteiger partial charge in [-0.15, -0.1) is 0 Å². The summed E-state index contributed by atoms with van der Waals surface area (Å²) in [5.74, 6) is 1.30. The molecule has 0 fully saturated rings. The lowest BCUT2D eigenvalue weighted by Gasteiger charge is -2.10. The van der Waals surface area contributed by atoms with Gasteiger partial charge in [0, 0.05) is 5.69 Å². The van der Waals surface area contributed by atoms with Crippen LogP contribution in [0.2, 0.25) is 0 Å². The van der Waals surface area contributed by atoms with Gasteiger partial charge < -0.3 is 14.3 Å². The van der Waals surface area contributed by atoms with E-state index in [4.69, 9.17) is 8.94 Å². The van der Waals surface area contributed by atoms with Gasteiger partial charge in [-0.25, -0.2) is 0 Å². The molecule has 0 unspecified atom stereocenters. The summed E-state index contributed by atoms with van der Waals surface area (Å²) in [4.78, 5) is 17.1. The van der Waals surface area contributed by atoms with E-state index in [1.165, 1.54) is 0 Å². The summed E-state index contributed by atoms with van der Waals surface area (Å²) in [5, 5.41) is 6.98.